The second-order valence-electron chi connectivity index (χ2n) is 5.24. The second-order valence-corrected chi connectivity index (χ2v) is 8.32. The molecule has 7 heteroatoms. The molecule has 0 saturated heterocycles. The lowest BCUT2D eigenvalue weighted by molar-refractivity contribution is -0.111. The van der Waals surface area contributed by atoms with E-state index in [0.29, 0.717) is 5.13 Å². The Bertz CT molecular complexity index is 877. The summed E-state index contributed by atoms with van der Waals surface area (Å²) in [6.07, 6.45) is 5.32. The molecule has 2 aromatic carbocycles. The lowest BCUT2D eigenvalue weighted by atomic mass is 10.2. The molecule has 0 aliphatic heterocycles. The summed E-state index contributed by atoms with van der Waals surface area (Å²) in [6.45, 7) is 0. The molecule has 1 heterocycles. The van der Waals surface area contributed by atoms with Gasteiger partial charge < -0.3 is 0 Å². The first-order valence-electron chi connectivity index (χ1n) is 7.86. The molecule has 0 spiro atoms. The predicted octanol–water partition coefficient (Wildman–Crippen LogP) is 5.20. The van der Waals surface area contributed by atoms with Crippen LogP contribution in [0.15, 0.2) is 69.9 Å². The number of benzene rings is 2. The molecular formula is C19H17N3OS3. The molecule has 0 radical (unpaired) electrons. The number of carbonyl (C=O) groups excluding carboxylic acids is 1. The Morgan fingerprint density at radius 3 is 2.62 bits per heavy atom. The summed E-state index contributed by atoms with van der Waals surface area (Å²) in [6, 6.07) is 18.2. The third-order valence-electron chi connectivity index (χ3n) is 3.38. The number of rotatable bonds is 7. The van der Waals surface area contributed by atoms with Crippen molar-refractivity contribution >= 4 is 52.0 Å². The van der Waals surface area contributed by atoms with Crippen LogP contribution < -0.4 is 5.32 Å². The zero-order valence-corrected chi connectivity index (χ0v) is 16.5. The van der Waals surface area contributed by atoms with Crippen LogP contribution in [-0.4, -0.2) is 22.4 Å². The minimum absolute atomic E-state index is 0.213. The van der Waals surface area contributed by atoms with Gasteiger partial charge in [-0.1, -0.05) is 65.6 Å². The zero-order valence-electron chi connectivity index (χ0n) is 14.1. The van der Waals surface area contributed by atoms with Crippen molar-refractivity contribution in [2.75, 3.05) is 11.6 Å². The molecule has 0 unspecified atom stereocenters. The Labute approximate surface area is 165 Å². The van der Waals surface area contributed by atoms with E-state index in [4.69, 9.17) is 0 Å². The molecule has 0 atom stereocenters. The van der Waals surface area contributed by atoms with Gasteiger partial charge in [0.05, 0.1) is 0 Å². The predicted molar refractivity (Wildman–Crippen MR) is 112 cm³/mol. The van der Waals surface area contributed by atoms with Gasteiger partial charge in [-0.05, 0) is 35.6 Å². The molecule has 0 fully saturated rings. The van der Waals surface area contributed by atoms with Crippen LogP contribution in [0.25, 0.3) is 6.08 Å². The normalized spacial score (nSPS) is 11.0. The number of nitrogens with one attached hydrogen (secondary N) is 1. The van der Waals surface area contributed by atoms with E-state index in [1.807, 2.05) is 48.7 Å². The molecule has 3 aromatic rings. The highest BCUT2D eigenvalue weighted by atomic mass is 32.2. The molecule has 3 rings (SSSR count). The van der Waals surface area contributed by atoms with E-state index in [2.05, 4.69) is 27.6 Å². The van der Waals surface area contributed by atoms with Crippen molar-refractivity contribution in [2.24, 2.45) is 0 Å². The Kier molecular flexibility index (Phi) is 6.88. The molecule has 1 aromatic heterocycles. The van der Waals surface area contributed by atoms with Gasteiger partial charge in [0.1, 0.15) is 0 Å². The number of anilines is 1. The van der Waals surface area contributed by atoms with Crippen LogP contribution in [0.2, 0.25) is 0 Å². The van der Waals surface area contributed by atoms with Crippen molar-refractivity contribution in [3.05, 3.63) is 71.8 Å². The van der Waals surface area contributed by atoms with Gasteiger partial charge in [-0.2, -0.15) is 0 Å². The Hall–Kier alpha value is -2.09. The Morgan fingerprint density at radius 1 is 1.12 bits per heavy atom. The van der Waals surface area contributed by atoms with E-state index in [0.717, 1.165) is 15.7 Å². The van der Waals surface area contributed by atoms with Gasteiger partial charge in [0.2, 0.25) is 11.0 Å². The molecule has 0 saturated carbocycles. The number of amides is 1. The minimum Gasteiger partial charge on any atom is -0.297 e. The first kappa shape index (κ1) is 18.7. The minimum atomic E-state index is -0.213. The Morgan fingerprint density at radius 2 is 1.88 bits per heavy atom. The highest BCUT2D eigenvalue weighted by molar-refractivity contribution is 8.00. The van der Waals surface area contributed by atoms with Crippen molar-refractivity contribution in [1.82, 2.24) is 10.2 Å². The number of carbonyl (C=O) groups is 1. The van der Waals surface area contributed by atoms with Crippen molar-refractivity contribution in [3.8, 4) is 0 Å². The summed E-state index contributed by atoms with van der Waals surface area (Å²) < 4.78 is 0.834. The Balaban J connectivity index is 1.51. The molecule has 0 aliphatic carbocycles. The maximum absolute atomic E-state index is 12.0. The average Bonchev–Trinajstić information content (AvgIpc) is 3.13. The van der Waals surface area contributed by atoms with Crippen LogP contribution >= 0.6 is 34.9 Å². The number of hydrogen-bond donors (Lipinski definition) is 1. The van der Waals surface area contributed by atoms with Crippen molar-refractivity contribution in [3.63, 3.8) is 0 Å². The largest absolute Gasteiger partial charge is 0.297 e. The van der Waals surface area contributed by atoms with Crippen molar-refractivity contribution in [1.29, 1.82) is 0 Å². The third-order valence-corrected chi connectivity index (χ3v) is 6.17. The standard InChI is InChI=1S/C19H17N3OS3/c1-24-16-10-7-14(8-11-16)9-12-17(23)20-18-21-22-19(26-18)25-13-15-5-3-2-4-6-15/h2-12H,13H2,1H3,(H,20,21,23)/b12-9+. The first-order chi connectivity index (χ1) is 12.7. The van der Waals surface area contributed by atoms with Gasteiger partial charge in [-0.15, -0.1) is 22.0 Å². The lowest BCUT2D eigenvalue weighted by Gasteiger charge is -1.98. The van der Waals surface area contributed by atoms with Gasteiger partial charge in [0.25, 0.3) is 0 Å². The second kappa shape index (κ2) is 9.56. The summed E-state index contributed by atoms with van der Waals surface area (Å²) >= 11 is 4.68. The average molecular weight is 400 g/mol. The number of aromatic nitrogens is 2. The van der Waals surface area contributed by atoms with Gasteiger partial charge in [0, 0.05) is 16.7 Å². The number of nitrogens with zero attached hydrogens (tertiary/aromatic N) is 2. The summed E-state index contributed by atoms with van der Waals surface area (Å²) in [7, 11) is 0. The maximum Gasteiger partial charge on any atom is 0.250 e. The first-order valence-corrected chi connectivity index (χ1v) is 10.9. The van der Waals surface area contributed by atoms with E-state index in [1.165, 1.54) is 27.9 Å². The maximum atomic E-state index is 12.0. The summed E-state index contributed by atoms with van der Waals surface area (Å²) in [5, 5.41) is 11.4. The molecule has 132 valence electrons. The lowest BCUT2D eigenvalue weighted by Crippen LogP contribution is -2.07. The molecule has 1 amide bonds. The van der Waals surface area contributed by atoms with Crippen LogP contribution in [0.1, 0.15) is 11.1 Å². The van der Waals surface area contributed by atoms with Gasteiger partial charge >= 0.3 is 0 Å². The van der Waals surface area contributed by atoms with Crippen molar-refractivity contribution in [2.45, 2.75) is 15.0 Å². The molecule has 0 bridgehead atoms. The summed E-state index contributed by atoms with van der Waals surface area (Å²) in [4.78, 5) is 13.2. The van der Waals surface area contributed by atoms with Crippen LogP contribution in [0, 0.1) is 0 Å². The molecule has 4 nitrogen and oxygen atoms in total. The van der Waals surface area contributed by atoms with Crippen LogP contribution in [-0.2, 0) is 10.5 Å². The van der Waals surface area contributed by atoms with E-state index in [9.17, 15) is 4.79 Å². The highest BCUT2D eigenvalue weighted by Gasteiger charge is 2.07. The smallest absolute Gasteiger partial charge is 0.250 e. The van der Waals surface area contributed by atoms with E-state index in [1.54, 1.807) is 29.6 Å². The van der Waals surface area contributed by atoms with Crippen LogP contribution in [0.4, 0.5) is 5.13 Å². The van der Waals surface area contributed by atoms with E-state index < -0.39 is 0 Å². The summed E-state index contributed by atoms with van der Waals surface area (Å²) in [5.74, 6) is 0.615. The molecule has 26 heavy (non-hydrogen) atoms. The molecular weight excluding hydrogens is 382 g/mol. The molecule has 0 aliphatic rings. The van der Waals surface area contributed by atoms with Gasteiger partial charge in [-0.3, -0.25) is 10.1 Å². The highest BCUT2D eigenvalue weighted by Crippen LogP contribution is 2.28. The number of thioether (sulfide) groups is 2. The van der Waals surface area contributed by atoms with E-state index >= 15 is 0 Å². The fourth-order valence-electron chi connectivity index (χ4n) is 2.07. The third kappa shape index (κ3) is 5.72. The van der Waals surface area contributed by atoms with E-state index in [-0.39, 0.29) is 5.91 Å². The fraction of sp³-hybridized carbons (Fsp3) is 0.105. The zero-order chi connectivity index (χ0) is 18.2. The molecule has 1 N–H and O–H groups in total. The fourth-order valence-corrected chi connectivity index (χ4v) is 4.19. The quantitative estimate of drug-likeness (QED) is 0.336. The van der Waals surface area contributed by atoms with Crippen LogP contribution in [0.5, 0.6) is 0 Å². The summed E-state index contributed by atoms with van der Waals surface area (Å²) in [5.41, 5.74) is 2.21. The van der Waals surface area contributed by atoms with Gasteiger partial charge in [-0.25, -0.2) is 0 Å². The van der Waals surface area contributed by atoms with Gasteiger partial charge in [0.15, 0.2) is 4.34 Å². The monoisotopic (exact) mass is 399 g/mol. The van der Waals surface area contributed by atoms with Crippen molar-refractivity contribution < 1.29 is 4.79 Å². The SMILES string of the molecule is CSc1ccc(/C=C/C(=O)Nc2nnc(SCc3ccccc3)s2)cc1. The number of hydrogen-bond acceptors (Lipinski definition) is 6. The van der Waals surface area contributed by atoms with Crippen LogP contribution in [0.3, 0.4) is 0 Å². The topological polar surface area (TPSA) is 54.9 Å².